The largest absolute Gasteiger partial charge is 0.480 e. The zero-order valence-electron chi connectivity index (χ0n) is 27.0. The zero-order chi connectivity index (χ0) is 34.3. The number of aromatic carboxylic acids is 1. The van der Waals surface area contributed by atoms with Crippen LogP contribution in [0, 0.1) is 0 Å². The zero-order valence-corrected chi connectivity index (χ0v) is 28.6. The highest BCUT2D eigenvalue weighted by atomic mass is 35.5. The van der Waals surface area contributed by atoms with Crippen LogP contribution in [0.2, 0.25) is 5.02 Å². The van der Waals surface area contributed by atoms with Gasteiger partial charge in [0, 0.05) is 36.8 Å². The van der Waals surface area contributed by atoms with Gasteiger partial charge in [0.15, 0.2) is 11.5 Å². The van der Waals surface area contributed by atoms with Crippen molar-refractivity contribution < 1.29 is 34.0 Å². The van der Waals surface area contributed by atoms with Gasteiger partial charge in [-0.1, -0.05) is 23.7 Å². The van der Waals surface area contributed by atoms with Crippen molar-refractivity contribution in [2.45, 2.75) is 68.9 Å². The third-order valence-electron chi connectivity index (χ3n) is 9.53. The first-order valence-electron chi connectivity index (χ1n) is 16.4. The van der Waals surface area contributed by atoms with Gasteiger partial charge in [0.2, 0.25) is 0 Å². The Kier molecular flexibility index (Phi) is 9.46. The smallest absolute Gasteiger partial charge is 0.336 e. The molecule has 3 atom stereocenters. The number of ether oxygens (including phenoxy) is 3. The number of aromatic nitrogens is 3. The summed E-state index contributed by atoms with van der Waals surface area (Å²) in [5.74, 6) is -0.0775. The molecule has 0 radical (unpaired) electrons. The molecule has 12 nitrogen and oxygen atoms in total. The van der Waals surface area contributed by atoms with Crippen molar-refractivity contribution in [2.24, 2.45) is 5.73 Å². The van der Waals surface area contributed by atoms with Crippen LogP contribution in [-0.4, -0.2) is 79.2 Å². The number of imidazole rings is 1. The quantitative estimate of drug-likeness (QED) is 0.176. The standard InChI is InChI=1S/C35H38ClN5O7S/c1-35(30-6-5-22(36)15-38-30)47-29-4-2-3-24(32(29)48-35)20-7-10-40(11-8-20)17-31-39-27-13-21(18-49-19-26(37)34(44)45)25(33(42)43)14-28(27)41(31)16-23-9-12-46-23/h2-6,13-15,20,23,26H,7-12,16-19,37H2,1H3,(H,42,43)(H,44,45)/t23-,26-,35-/m0/s1. The molecule has 49 heavy (non-hydrogen) atoms. The number of benzene rings is 2. The number of hydrogen-bond acceptors (Lipinski definition) is 10. The van der Waals surface area contributed by atoms with E-state index in [1.165, 1.54) is 11.8 Å². The second kappa shape index (κ2) is 13.8. The van der Waals surface area contributed by atoms with Crippen molar-refractivity contribution >= 4 is 46.3 Å². The molecule has 0 bridgehead atoms. The summed E-state index contributed by atoms with van der Waals surface area (Å²) < 4.78 is 20.6. The van der Waals surface area contributed by atoms with Gasteiger partial charge in [0.25, 0.3) is 5.79 Å². The van der Waals surface area contributed by atoms with E-state index in [1.807, 2.05) is 31.2 Å². The lowest BCUT2D eigenvalue weighted by molar-refractivity contribution is -0.137. The molecule has 0 aliphatic carbocycles. The lowest BCUT2D eigenvalue weighted by atomic mass is 9.88. The van der Waals surface area contributed by atoms with E-state index in [0.29, 0.717) is 53.0 Å². The van der Waals surface area contributed by atoms with E-state index in [4.69, 9.17) is 41.6 Å². The summed E-state index contributed by atoms with van der Waals surface area (Å²) in [7, 11) is 0. The monoisotopic (exact) mass is 707 g/mol. The number of hydrogen-bond donors (Lipinski definition) is 3. The van der Waals surface area contributed by atoms with E-state index in [1.54, 1.807) is 18.3 Å². The van der Waals surface area contributed by atoms with Gasteiger partial charge in [0.1, 0.15) is 17.6 Å². The molecule has 5 heterocycles. The summed E-state index contributed by atoms with van der Waals surface area (Å²) in [5, 5.41) is 19.8. The Morgan fingerprint density at radius 3 is 2.61 bits per heavy atom. The number of pyridine rings is 1. The Labute approximate surface area is 292 Å². The van der Waals surface area contributed by atoms with Crippen LogP contribution >= 0.6 is 23.4 Å². The normalized spacial score (nSPS) is 21.5. The number of para-hydroxylation sites is 1. The van der Waals surface area contributed by atoms with Gasteiger partial charge >= 0.3 is 11.9 Å². The number of rotatable bonds is 12. The van der Waals surface area contributed by atoms with E-state index in [2.05, 4.69) is 20.5 Å². The highest BCUT2D eigenvalue weighted by molar-refractivity contribution is 7.98. The van der Waals surface area contributed by atoms with Crippen LogP contribution in [-0.2, 0) is 34.2 Å². The van der Waals surface area contributed by atoms with Crippen LogP contribution in [0.15, 0.2) is 48.7 Å². The second-order valence-electron chi connectivity index (χ2n) is 12.9. The number of aliphatic carboxylic acids is 1. The molecule has 2 aromatic carbocycles. The summed E-state index contributed by atoms with van der Waals surface area (Å²) in [6, 6.07) is 12.1. The summed E-state index contributed by atoms with van der Waals surface area (Å²) in [6.07, 6.45) is 4.43. The second-order valence-corrected chi connectivity index (χ2v) is 14.4. The molecule has 0 unspecified atom stereocenters. The number of thioether (sulfide) groups is 1. The highest BCUT2D eigenvalue weighted by Gasteiger charge is 2.42. The molecule has 2 saturated heterocycles. The summed E-state index contributed by atoms with van der Waals surface area (Å²) in [5.41, 5.74) is 9.66. The number of piperidine rings is 1. The lowest BCUT2D eigenvalue weighted by Gasteiger charge is -2.33. The minimum Gasteiger partial charge on any atom is -0.480 e. The molecule has 7 rings (SSSR count). The molecule has 0 spiro atoms. The average Bonchev–Trinajstić information content (AvgIpc) is 3.59. The van der Waals surface area contributed by atoms with Gasteiger partial charge in [-0.25, -0.2) is 9.78 Å². The Balaban J connectivity index is 1.08. The molecule has 14 heteroatoms. The molecule has 258 valence electrons. The SMILES string of the molecule is C[C@]1(c2ccc(Cl)cn2)Oc2cccc(C3CCN(Cc4nc5cc(CSC[C@H](N)C(=O)O)c(C(=O)O)cc5n4C[C@@H]4CCO4)CC3)c2O1. The minimum atomic E-state index is -1.09. The van der Waals surface area contributed by atoms with Gasteiger partial charge < -0.3 is 34.7 Å². The predicted molar refractivity (Wildman–Crippen MR) is 184 cm³/mol. The average molecular weight is 708 g/mol. The molecule has 3 aliphatic heterocycles. The fraction of sp³-hybridized carbons (Fsp3) is 0.429. The first-order valence-corrected chi connectivity index (χ1v) is 17.9. The number of carboxylic acid groups (broad SMARTS) is 2. The Hall–Kier alpha value is -3.88. The fourth-order valence-corrected chi connectivity index (χ4v) is 7.81. The maximum Gasteiger partial charge on any atom is 0.336 e. The molecular weight excluding hydrogens is 670 g/mol. The molecule has 4 aromatic rings. The first kappa shape index (κ1) is 33.6. The lowest BCUT2D eigenvalue weighted by Crippen LogP contribution is -2.35. The summed E-state index contributed by atoms with van der Waals surface area (Å²) in [6.45, 7) is 5.49. The van der Waals surface area contributed by atoms with Crippen molar-refractivity contribution in [3.8, 4) is 11.5 Å². The molecule has 3 aliphatic rings. The Bertz CT molecular complexity index is 1880. The number of nitrogens with zero attached hydrogens (tertiary/aromatic N) is 4. The van der Waals surface area contributed by atoms with Gasteiger partial charge in [-0.3, -0.25) is 14.7 Å². The molecule has 4 N–H and O–H groups in total. The molecule has 0 amide bonds. The van der Waals surface area contributed by atoms with Crippen molar-refractivity contribution in [3.63, 3.8) is 0 Å². The van der Waals surface area contributed by atoms with Crippen LogP contribution in [0.3, 0.4) is 0 Å². The van der Waals surface area contributed by atoms with Gasteiger partial charge in [-0.2, -0.15) is 11.8 Å². The maximum absolute atomic E-state index is 12.3. The van der Waals surface area contributed by atoms with Gasteiger partial charge in [-0.15, -0.1) is 0 Å². The van der Waals surface area contributed by atoms with Crippen molar-refractivity contribution in [1.29, 1.82) is 0 Å². The topological polar surface area (TPSA) is 162 Å². The van der Waals surface area contributed by atoms with Gasteiger partial charge in [0.05, 0.1) is 40.8 Å². The van der Waals surface area contributed by atoms with Crippen molar-refractivity contribution in [3.05, 3.63) is 81.9 Å². The van der Waals surface area contributed by atoms with E-state index in [-0.39, 0.29) is 23.3 Å². The Morgan fingerprint density at radius 2 is 1.94 bits per heavy atom. The van der Waals surface area contributed by atoms with Crippen LogP contribution in [0.4, 0.5) is 0 Å². The van der Waals surface area contributed by atoms with E-state index in [0.717, 1.165) is 55.0 Å². The van der Waals surface area contributed by atoms with Crippen LogP contribution in [0.1, 0.15) is 65.1 Å². The number of nitrogens with two attached hydrogens (primary N) is 1. The Morgan fingerprint density at radius 1 is 1.14 bits per heavy atom. The third kappa shape index (κ3) is 6.95. The maximum atomic E-state index is 12.3. The number of halogens is 1. The fourth-order valence-electron chi connectivity index (χ4n) is 6.73. The summed E-state index contributed by atoms with van der Waals surface area (Å²) in [4.78, 5) is 35.3. The van der Waals surface area contributed by atoms with E-state index < -0.39 is 23.8 Å². The molecule has 2 aromatic heterocycles. The predicted octanol–water partition coefficient (Wildman–Crippen LogP) is 5.24. The highest BCUT2D eigenvalue weighted by Crippen LogP contribution is 2.49. The van der Waals surface area contributed by atoms with Crippen LogP contribution < -0.4 is 15.2 Å². The minimum absolute atomic E-state index is 0.0547. The first-order chi connectivity index (χ1) is 23.6. The van der Waals surface area contributed by atoms with Crippen LogP contribution in [0.5, 0.6) is 11.5 Å². The van der Waals surface area contributed by atoms with Gasteiger partial charge in [-0.05, 0) is 74.2 Å². The molecular formula is C35H38ClN5O7S. The number of carboxylic acids is 2. The summed E-state index contributed by atoms with van der Waals surface area (Å²) >= 11 is 7.35. The van der Waals surface area contributed by atoms with E-state index in [9.17, 15) is 14.7 Å². The van der Waals surface area contributed by atoms with E-state index >= 15 is 0 Å². The van der Waals surface area contributed by atoms with Crippen LogP contribution in [0.25, 0.3) is 11.0 Å². The number of carbonyl (C=O) groups is 2. The molecule has 2 fully saturated rings. The van der Waals surface area contributed by atoms with Crippen molar-refractivity contribution in [1.82, 2.24) is 19.4 Å². The number of likely N-dealkylation sites (tertiary alicyclic amines) is 1. The third-order valence-corrected chi connectivity index (χ3v) is 10.9. The van der Waals surface area contributed by atoms with Crippen molar-refractivity contribution in [2.75, 3.05) is 25.4 Å². The number of fused-ring (bicyclic) bond motifs is 2. The molecule has 0 saturated carbocycles.